The molecule has 0 unspecified atom stereocenters. The average Bonchev–Trinajstić information content (AvgIpc) is 3.22. The monoisotopic (exact) mass is 411 g/mol. The lowest BCUT2D eigenvalue weighted by Crippen LogP contribution is -2.32. The third kappa shape index (κ3) is 5.29. The van der Waals surface area contributed by atoms with Gasteiger partial charge in [0.2, 0.25) is 10.9 Å². The molecule has 1 aromatic heterocycles. The fourth-order valence-corrected chi connectivity index (χ4v) is 4.16. The standard InChI is InChI=1S/C21H25N5O2S/c27-29(28)22-14-17-5-4-6-19(13-17)18-9-11-25(12-10-18)15-20-16-26(24-23-20)21-7-2-1-3-8-21/h1-8,13,16,18,29H,9-12,14-15H2,(H,22,27,28). The van der Waals surface area contributed by atoms with Gasteiger partial charge in [0, 0.05) is 13.1 Å². The molecule has 2 aromatic carbocycles. The summed E-state index contributed by atoms with van der Waals surface area (Å²) in [5.41, 5.74) is 4.29. The molecule has 1 aliphatic heterocycles. The highest BCUT2D eigenvalue weighted by Gasteiger charge is 2.21. The third-order valence-corrected chi connectivity index (χ3v) is 5.79. The topological polar surface area (TPSA) is 80.1 Å². The zero-order chi connectivity index (χ0) is 20.1. The lowest BCUT2D eigenvalue weighted by atomic mass is 9.88. The van der Waals surface area contributed by atoms with E-state index in [1.165, 1.54) is 5.56 Å². The van der Waals surface area contributed by atoms with Gasteiger partial charge in [-0.15, -0.1) is 5.10 Å². The van der Waals surface area contributed by atoms with Crippen molar-refractivity contribution >= 4 is 10.9 Å². The van der Waals surface area contributed by atoms with E-state index in [0.717, 1.165) is 49.4 Å². The average molecular weight is 412 g/mol. The first-order chi connectivity index (χ1) is 14.2. The van der Waals surface area contributed by atoms with Gasteiger partial charge in [-0.1, -0.05) is 47.7 Å². The maximum Gasteiger partial charge on any atom is 0.201 e. The van der Waals surface area contributed by atoms with E-state index in [4.69, 9.17) is 0 Å². The highest BCUT2D eigenvalue weighted by Crippen LogP contribution is 2.29. The minimum atomic E-state index is -2.56. The van der Waals surface area contributed by atoms with Crippen molar-refractivity contribution in [2.75, 3.05) is 13.1 Å². The number of hydrogen-bond donors (Lipinski definition) is 2. The SMILES string of the molecule is O=[SH](=O)NCc1cccc(C2CCN(Cc3cn(-c4ccccc4)nn3)CC2)c1. The van der Waals surface area contributed by atoms with E-state index < -0.39 is 10.9 Å². The summed E-state index contributed by atoms with van der Waals surface area (Å²) in [5, 5.41) is 8.57. The van der Waals surface area contributed by atoms with Gasteiger partial charge in [0.15, 0.2) is 0 Å². The molecule has 3 aromatic rings. The lowest BCUT2D eigenvalue weighted by molar-refractivity contribution is 0.202. The molecule has 0 aliphatic carbocycles. The van der Waals surface area contributed by atoms with Crippen molar-refractivity contribution in [1.29, 1.82) is 0 Å². The normalized spacial score (nSPS) is 15.8. The van der Waals surface area contributed by atoms with E-state index in [2.05, 4.69) is 32.1 Å². The van der Waals surface area contributed by atoms with E-state index in [-0.39, 0.29) is 0 Å². The van der Waals surface area contributed by atoms with Crippen molar-refractivity contribution in [2.24, 2.45) is 0 Å². The Balaban J connectivity index is 1.32. The number of hydrogen-bond acceptors (Lipinski definition) is 5. The van der Waals surface area contributed by atoms with Gasteiger partial charge in [0.25, 0.3) is 0 Å². The van der Waals surface area contributed by atoms with Gasteiger partial charge in [-0.2, -0.15) is 0 Å². The molecule has 7 nitrogen and oxygen atoms in total. The van der Waals surface area contributed by atoms with Crippen LogP contribution >= 0.6 is 0 Å². The van der Waals surface area contributed by atoms with Gasteiger partial charge >= 0.3 is 0 Å². The molecule has 29 heavy (non-hydrogen) atoms. The molecule has 1 aliphatic rings. The zero-order valence-electron chi connectivity index (χ0n) is 16.1. The summed E-state index contributed by atoms with van der Waals surface area (Å²) in [7, 11) is -2.56. The van der Waals surface area contributed by atoms with Crippen molar-refractivity contribution in [1.82, 2.24) is 24.6 Å². The largest absolute Gasteiger partial charge is 0.297 e. The molecule has 0 bridgehead atoms. The Labute approximate surface area is 172 Å². The first-order valence-electron chi connectivity index (χ1n) is 9.83. The molecule has 0 saturated carbocycles. The molecule has 8 heteroatoms. The first-order valence-corrected chi connectivity index (χ1v) is 11.0. The number of rotatable bonds is 7. The summed E-state index contributed by atoms with van der Waals surface area (Å²) in [6.45, 7) is 3.18. The van der Waals surface area contributed by atoms with Crippen molar-refractivity contribution in [3.05, 3.63) is 77.6 Å². The van der Waals surface area contributed by atoms with Crippen LogP contribution in [-0.2, 0) is 24.0 Å². The fourth-order valence-electron chi connectivity index (χ4n) is 3.84. The molecule has 0 atom stereocenters. The molecule has 4 rings (SSSR count). The molecular formula is C21H25N5O2S. The molecule has 0 amide bonds. The molecule has 0 radical (unpaired) electrons. The van der Waals surface area contributed by atoms with E-state index in [0.29, 0.717) is 12.5 Å². The van der Waals surface area contributed by atoms with Crippen LogP contribution in [0.1, 0.15) is 35.6 Å². The van der Waals surface area contributed by atoms with Gasteiger partial charge < -0.3 is 0 Å². The molecule has 1 N–H and O–H groups in total. The Morgan fingerprint density at radius 1 is 1.03 bits per heavy atom. The van der Waals surface area contributed by atoms with Crippen molar-refractivity contribution in [3.8, 4) is 5.69 Å². The fraction of sp³-hybridized carbons (Fsp3) is 0.333. The van der Waals surface area contributed by atoms with Gasteiger partial charge in [0.1, 0.15) is 0 Å². The van der Waals surface area contributed by atoms with Crippen LogP contribution in [-0.4, -0.2) is 41.4 Å². The second kappa shape index (κ2) is 9.30. The lowest BCUT2D eigenvalue weighted by Gasteiger charge is -2.31. The first kappa shape index (κ1) is 19.8. The minimum absolute atomic E-state index is 0.350. The minimum Gasteiger partial charge on any atom is -0.297 e. The van der Waals surface area contributed by atoms with E-state index in [1.54, 1.807) is 0 Å². The van der Waals surface area contributed by atoms with Crippen LogP contribution in [0.15, 0.2) is 60.8 Å². The van der Waals surface area contributed by atoms with Crippen LogP contribution in [0.4, 0.5) is 0 Å². The number of benzene rings is 2. The van der Waals surface area contributed by atoms with Crippen LogP contribution in [0.25, 0.3) is 5.69 Å². The molecule has 152 valence electrons. The number of nitrogens with one attached hydrogen (secondary N) is 1. The number of aromatic nitrogens is 3. The predicted octanol–water partition coefficient (Wildman–Crippen LogP) is 2.26. The molecular weight excluding hydrogens is 386 g/mol. The van der Waals surface area contributed by atoms with Gasteiger partial charge in [-0.3, -0.25) is 4.90 Å². The van der Waals surface area contributed by atoms with Gasteiger partial charge in [0.05, 0.1) is 17.6 Å². The highest BCUT2D eigenvalue weighted by atomic mass is 32.2. The number of likely N-dealkylation sites (tertiary alicyclic amines) is 1. The van der Waals surface area contributed by atoms with Crippen LogP contribution in [0.3, 0.4) is 0 Å². The van der Waals surface area contributed by atoms with E-state index in [9.17, 15) is 8.42 Å². The predicted molar refractivity (Wildman–Crippen MR) is 112 cm³/mol. The maximum absolute atomic E-state index is 10.7. The Bertz CT molecular complexity index is 1000. The van der Waals surface area contributed by atoms with Gasteiger partial charge in [-0.05, 0) is 55.1 Å². The molecule has 2 heterocycles. The van der Waals surface area contributed by atoms with Gasteiger partial charge in [-0.25, -0.2) is 17.8 Å². The van der Waals surface area contributed by atoms with E-state index in [1.807, 2.05) is 53.3 Å². The number of nitrogens with zero attached hydrogens (tertiary/aromatic N) is 4. The quantitative estimate of drug-likeness (QED) is 0.583. The number of thiol groups is 1. The summed E-state index contributed by atoms with van der Waals surface area (Å²) >= 11 is 0. The Morgan fingerprint density at radius 3 is 2.59 bits per heavy atom. The van der Waals surface area contributed by atoms with Crippen LogP contribution < -0.4 is 4.72 Å². The van der Waals surface area contributed by atoms with Crippen LogP contribution in [0.5, 0.6) is 0 Å². The van der Waals surface area contributed by atoms with Crippen molar-refractivity contribution in [3.63, 3.8) is 0 Å². The second-order valence-electron chi connectivity index (χ2n) is 7.38. The van der Waals surface area contributed by atoms with Crippen molar-refractivity contribution < 1.29 is 8.42 Å². The molecule has 1 fully saturated rings. The van der Waals surface area contributed by atoms with Crippen LogP contribution in [0, 0.1) is 0 Å². The third-order valence-electron chi connectivity index (χ3n) is 5.37. The van der Waals surface area contributed by atoms with Crippen LogP contribution in [0.2, 0.25) is 0 Å². The summed E-state index contributed by atoms with van der Waals surface area (Å²) in [5.74, 6) is 0.507. The Kier molecular flexibility index (Phi) is 6.33. The molecule has 1 saturated heterocycles. The summed E-state index contributed by atoms with van der Waals surface area (Å²) < 4.78 is 25.8. The Morgan fingerprint density at radius 2 is 1.83 bits per heavy atom. The van der Waals surface area contributed by atoms with E-state index >= 15 is 0 Å². The second-order valence-corrected chi connectivity index (χ2v) is 8.21. The number of para-hydroxylation sites is 1. The summed E-state index contributed by atoms with van der Waals surface area (Å²) in [4.78, 5) is 2.42. The highest BCUT2D eigenvalue weighted by molar-refractivity contribution is 7.70. The Hall–Kier alpha value is -2.55. The smallest absolute Gasteiger partial charge is 0.201 e. The molecule has 0 spiro atoms. The maximum atomic E-state index is 10.7. The summed E-state index contributed by atoms with van der Waals surface area (Å²) in [6.07, 6.45) is 4.16. The number of piperidine rings is 1. The zero-order valence-corrected chi connectivity index (χ0v) is 17.0. The summed E-state index contributed by atoms with van der Waals surface area (Å²) in [6, 6.07) is 18.2. The van der Waals surface area contributed by atoms with Crippen molar-refractivity contribution in [2.45, 2.75) is 31.8 Å².